The van der Waals surface area contributed by atoms with Gasteiger partial charge >= 0.3 is 11.9 Å². The van der Waals surface area contributed by atoms with E-state index < -0.39 is 5.41 Å². The van der Waals surface area contributed by atoms with Crippen LogP contribution in [0.25, 0.3) is 0 Å². The van der Waals surface area contributed by atoms with Crippen molar-refractivity contribution in [3.63, 3.8) is 0 Å². The van der Waals surface area contributed by atoms with Gasteiger partial charge in [0.15, 0.2) is 0 Å². The normalized spacial score (nSPS) is 25.7. The highest BCUT2D eigenvalue weighted by molar-refractivity contribution is 6.30. The molecule has 1 fully saturated rings. The predicted octanol–water partition coefficient (Wildman–Crippen LogP) is 4.46. The number of rotatable bonds is 7. The molecule has 1 aliphatic rings. The molecule has 5 nitrogen and oxygen atoms in total. The van der Waals surface area contributed by atoms with Crippen molar-refractivity contribution in [1.29, 1.82) is 0 Å². The number of halogens is 2. The number of carbonyl (C=O) groups is 2. The van der Waals surface area contributed by atoms with Crippen molar-refractivity contribution in [2.45, 2.75) is 45.6 Å². The number of esters is 1. The number of nitrogens with one attached hydrogen (secondary N) is 1. The number of hydrogen-bond donors (Lipinski definition) is 1. The molecule has 0 aliphatic carbocycles. The molecule has 1 aliphatic heterocycles. The summed E-state index contributed by atoms with van der Waals surface area (Å²) >= 11 is 12.5. The number of piperidine rings is 1. The van der Waals surface area contributed by atoms with Crippen LogP contribution >= 0.6 is 23.2 Å². The molecule has 2 aromatic carbocycles. The smallest absolute Gasteiger partial charge is 0.338 e. The summed E-state index contributed by atoms with van der Waals surface area (Å²) in [5.74, 6) is -0.419. The van der Waals surface area contributed by atoms with Crippen LogP contribution in [0.1, 0.15) is 56.7 Å². The number of methoxy groups -OCH3 is 1. The highest BCUT2D eigenvalue weighted by Crippen LogP contribution is 2.45. The second kappa shape index (κ2) is 10.3. The number of carbonyl (C=O) groups excluding carboxylic acids is 2. The molecular weight excluding hydrogens is 447 g/mol. The molecule has 32 heavy (non-hydrogen) atoms. The Labute approximate surface area is 200 Å². The lowest BCUT2D eigenvalue weighted by Crippen LogP contribution is -3.23. The summed E-state index contributed by atoms with van der Waals surface area (Å²) in [6, 6.07) is 15.3. The SMILES string of the molecule is CCN(CC)[NH+]1C(=O)C(C)(CC(=O)OC)CC(c2cccc(Cl)c2)C1c1ccc(Cl)cc1. The number of hydrogen-bond acceptors (Lipinski definition) is 4. The second-order valence-corrected chi connectivity index (χ2v) is 9.47. The van der Waals surface area contributed by atoms with Crippen LogP contribution in [0.5, 0.6) is 0 Å². The number of ether oxygens (including phenoxy) is 1. The summed E-state index contributed by atoms with van der Waals surface area (Å²) in [4.78, 5) is 26.3. The van der Waals surface area contributed by atoms with Gasteiger partial charge in [-0.1, -0.05) is 47.5 Å². The number of amides is 1. The molecule has 1 N–H and O–H groups in total. The lowest BCUT2D eigenvalue weighted by atomic mass is 9.68. The van der Waals surface area contributed by atoms with Gasteiger partial charge in [-0.3, -0.25) is 4.79 Å². The molecular formula is C25H31Cl2N2O3+. The minimum atomic E-state index is -0.874. The number of quaternary nitrogens is 1. The summed E-state index contributed by atoms with van der Waals surface area (Å²) in [5, 5.41) is 4.15. The van der Waals surface area contributed by atoms with Crippen LogP contribution in [-0.2, 0) is 14.3 Å². The first-order valence-corrected chi connectivity index (χ1v) is 11.7. The Kier molecular flexibility index (Phi) is 7.99. The van der Waals surface area contributed by atoms with Crippen molar-refractivity contribution in [3.05, 3.63) is 69.7 Å². The molecule has 0 aromatic heterocycles. The Bertz CT molecular complexity index is 962. The third-order valence-electron chi connectivity index (χ3n) is 6.52. The fraction of sp³-hybridized carbons (Fsp3) is 0.440. The highest BCUT2D eigenvalue weighted by atomic mass is 35.5. The standard InChI is InChI=1S/C25H30Cl2N2O3/c1-5-28(6-2)29-23(17-10-12-19(26)13-11-17)21(18-8-7-9-20(27)14-18)15-25(3,24(29)31)16-22(30)32-4/h7-14,21,23H,5-6,15-16H2,1-4H3/p+1. The van der Waals surface area contributed by atoms with E-state index >= 15 is 0 Å². The van der Waals surface area contributed by atoms with Crippen LogP contribution in [0.4, 0.5) is 0 Å². The van der Waals surface area contributed by atoms with E-state index in [-0.39, 0.29) is 30.3 Å². The van der Waals surface area contributed by atoms with Gasteiger partial charge in [0, 0.05) is 34.6 Å². The lowest BCUT2D eigenvalue weighted by molar-refractivity contribution is -0.981. The number of nitrogens with zero attached hydrogens (tertiary/aromatic N) is 1. The topological polar surface area (TPSA) is 51.0 Å². The van der Waals surface area contributed by atoms with Crippen LogP contribution in [0, 0.1) is 5.41 Å². The molecule has 0 spiro atoms. The Morgan fingerprint density at radius 1 is 1.09 bits per heavy atom. The lowest BCUT2D eigenvalue weighted by Gasteiger charge is -2.47. The highest BCUT2D eigenvalue weighted by Gasteiger charge is 2.56. The summed E-state index contributed by atoms with van der Waals surface area (Å²) in [5.41, 5.74) is 1.20. The van der Waals surface area contributed by atoms with E-state index in [4.69, 9.17) is 27.9 Å². The van der Waals surface area contributed by atoms with Gasteiger partial charge in [-0.15, -0.1) is 5.01 Å². The quantitative estimate of drug-likeness (QED) is 0.598. The van der Waals surface area contributed by atoms with Gasteiger partial charge in [-0.05, 0) is 57.0 Å². The molecule has 1 amide bonds. The van der Waals surface area contributed by atoms with Crippen molar-refractivity contribution < 1.29 is 19.3 Å². The van der Waals surface area contributed by atoms with E-state index in [0.717, 1.165) is 16.1 Å². The van der Waals surface area contributed by atoms with Gasteiger partial charge in [0.25, 0.3) is 0 Å². The van der Waals surface area contributed by atoms with Crippen molar-refractivity contribution in [1.82, 2.24) is 5.01 Å². The maximum atomic E-state index is 14.0. The molecule has 4 atom stereocenters. The minimum Gasteiger partial charge on any atom is -0.469 e. The van der Waals surface area contributed by atoms with Gasteiger partial charge in [0.1, 0.15) is 6.04 Å². The zero-order valence-corrected chi connectivity index (χ0v) is 20.5. The Balaban J connectivity index is 2.21. The summed E-state index contributed by atoms with van der Waals surface area (Å²) < 4.78 is 4.95. The van der Waals surface area contributed by atoms with Gasteiger partial charge < -0.3 is 4.74 Å². The second-order valence-electron chi connectivity index (χ2n) is 8.60. The van der Waals surface area contributed by atoms with Crippen LogP contribution < -0.4 is 5.01 Å². The molecule has 0 saturated carbocycles. The van der Waals surface area contributed by atoms with Crippen molar-refractivity contribution >= 4 is 35.1 Å². The van der Waals surface area contributed by atoms with Crippen molar-refractivity contribution in [2.24, 2.45) is 5.41 Å². The van der Waals surface area contributed by atoms with Gasteiger partial charge in [0.2, 0.25) is 0 Å². The molecule has 1 heterocycles. The molecule has 3 rings (SSSR count). The Hall–Kier alpha value is -1.92. The van der Waals surface area contributed by atoms with Crippen molar-refractivity contribution in [3.8, 4) is 0 Å². The van der Waals surface area contributed by atoms with Gasteiger partial charge in [-0.25, -0.2) is 4.79 Å². The van der Waals surface area contributed by atoms with E-state index in [1.807, 2.05) is 69.3 Å². The zero-order valence-electron chi connectivity index (χ0n) is 19.0. The van der Waals surface area contributed by atoms with E-state index in [9.17, 15) is 9.59 Å². The molecule has 0 radical (unpaired) electrons. The molecule has 4 unspecified atom stereocenters. The third-order valence-corrected chi connectivity index (χ3v) is 7.01. The van der Waals surface area contributed by atoms with E-state index in [1.54, 1.807) is 0 Å². The predicted molar refractivity (Wildman–Crippen MR) is 127 cm³/mol. The maximum absolute atomic E-state index is 14.0. The summed E-state index contributed by atoms with van der Waals surface area (Å²) in [7, 11) is 1.36. The Morgan fingerprint density at radius 3 is 2.31 bits per heavy atom. The molecule has 7 heteroatoms. The van der Waals surface area contributed by atoms with E-state index in [2.05, 4.69) is 5.01 Å². The van der Waals surface area contributed by atoms with Crippen LogP contribution in [0.3, 0.4) is 0 Å². The van der Waals surface area contributed by atoms with E-state index in [0.29, 0.717) is 29.6 Å². The third kappa shape index (κ3) is 5.01. The first kappa shape index (κ1) is 24.7. The average molecular weight is 478 g/mol. The first-order valence-electron chi connectivity index (χ1n) is 11.0. The fourth-order valence-corrected chi connectivity index (χ4v) is 5.22. The largest absolute Gasteiger partial charge is 0.469 e. The Morgan fingerprint density at radius 2 is 1.75 bits per heavy atom. The summed E-state index contributed by atoms with van der Waals surface area (Å²) in [6.45, 7) is 7.36. The molecule has 1 saturated heterocycles. The molecule has 0 bridgehead atoms. The minimum absolute atomic E-state index is 0.00447. The first-order chi connectivity index (χ1) is 15.2. The zero-order chi connectivity index (χ0) is 23.5. The van der Waals surface area contributed by atoms with E-state index in [1.165, 1.54) is 7.11 Å². The fourth-order valence-electron chi connectivity index (χ4n) is 4.89. The van der Waals surface area contributed by atoms with Gasteiger partial charge in [-0.2, -0.15) is 5.01 Å². The maximum Gasteiger partial charge on any atom is 0.338 e. The molecule has 172 valence electrons. The number of benzene rings is 2. The van der Waals surface area contributed by atoms with Crippen LogP contribution in [0.15, 0.2) is 48.5 Å². The average Bonchev–Trinajstić information content (AvgIpc) is 2.78. The molecule has 2 aromatic rings. The van der Waals surface area contributed by atoms with Crippen molar-refractivity contribution in [2.75, 3.05) is 20.2 Å². The van der Waals surface area contributed by atoms with Crippen LogP contribution in [-0.4, -0.2) is 37.1 Å². The van der Waals surface area contributed by atoms with Crippen LogP contribution in [0.2, 0.25) is 10.0 Å². The summed E-state index contributed by atoms with van der Waals surface area (Å²) in [6.07, 6.45) is 0.552. The van der Waals surface area contributed by atoms with Gasteiger partial charge in [0.05, 0.1) is 18.9 Å². The monoisotopic (exact) mass is 477 g/mol.